The third-order valence-corrected chi connectivity index (χ3v) is 10.7. The Labute approximate surface area is 284 Å². The van der Waals surface area contributed by atoms with Crippen molar-refractivity contribution < 1.29 is 14.3 Å². The number of benzene rings is 1. The molecule has 12 nitrogen and oxygen atoms in total. The fourth-order valence-corrected chi connectivity index (χ4v) is 6.93. The van der Waals surface area contributed by atoms with Crippen molar-refractivity contribution in [2.24, 2.45) is 5.92 Å². The Morgan fingerprint density at radius 3 is 2.56 bits per heavy atom. The van der Waals surface area contributed by atoms with Gasteiger partial charge in [-0.25, -0.2) is 19.7 Å². The largest absolute Gasteiger partial charge is 0.445 e. The van der Waals surface area contributed by atoms with Crippen molar-refractivity contribution in [1.82, 2.24) is 34.3 Å². The average molecular weight is 672 g/mol. The highest BCUT2D eigenvalue weighted by Crippen LogP contribution is 2.30. The van der Waals surface area contributed by atoms with Crippen LogP contribution in [0.5, 0.6) is 0 Å². The number of likely N-dealkylation sites (N-methyl/N-ethyl adjacent to an activating group) is 1. The van der Waals surface area contributed by atoms with E-state index < -0.39 is 8.07 Å². The zero-order chi connectivity index (χ0) is 33.7. The Bertz CT molecular complexity index is 1670. The molecule has 3 aromatic heterocycles. The van der Waals surface area contributed by atoms with Gasteiger partial charge in [0.1, 0.15) is 24.7 Å². The highest BCUT2D eigenvalue weighted by Gasteiger charge is 2.30. The molecule has 0 spiro atoms. The van der Waals surface area contributed by atoms with Crippen LogP contribution < -0.4 is 10.2 Å². The Morgan fingerprint density at radius 2 is 1.79 bits per heavy atom. The van der Waals surface area contributed by atoms with Crippen LogP contribution in [-0.4, -0.2) is 107 Å². The van der Waals surface area contributed by atoms with Crippen LogP contribution in [0.2, 0.25) is 25.7 Å². The Hall–Kier alpha value is -4.07. The van der Waals surface area contributed by atoms with Gasteiger partial charge in [0, 0.05) is 72.4 Å². The summed E-state index contributed by atoms with van der Waals surface area (Å²) in [4.78, 5) is 39.2. The number of ether oxygens (including phenoxy) is 2. The summed E-state index contributed by atoms with van der Waals surface area (Å²) in [5.74, 6) is 1.66. The summed E-state index contributed by atoms with van der Waals surface area (Å²) in [5, 5.41) is 3.70. The van der Waals surface area contributed by atoms with Crippen LogP contribution in [0, 0.1) is 5.92 Å². The first-order valence-corrected chi connectivity index (χ1v) is 20.7. The minimum absolute atomic E-state index is 0.0295. The molecule has 2 aliphatic heterocycles. The predicted octanol–water partition coefficient (Wildman–Crippen LogP) is 5.41. The highest BCUT2D eigenvalue weighted by molar-refractivity contribution is 6.76. The molecule has 2 fully saturated rings. The molecule has 48 heavy (non-hydrogen) atoms. The van der Waals surface area contributed by atoms with Crippen molar-refractivity contribution >= 4 is 37.1 Å². The summed E-state index contributed by atoms with van der Waals surface area (Å²) in [6.45, 7) is 15.4. The summed E-state index contributed by atoms with van der Waals surface area (Å²) in [6.07, 6.45) is 6.21. The van der Waals surface area contributed by atoms with Gasteiger partial charge in [-0.2, -0.15) is 4.98 Å². The number of hydrogen-bond donors (Lipinski definition) is 1. The van der Waals surface area contributed by atoms with E-state index in [1.807, 2.05) is 53.4 Å². The quantitative estimate of drug-likeness (QED) is 0.164. The Morgan fingerprint density at radius 1 is 1.00 bits per heavy atom. The van der Waals surface area contributed by atoms with E-state index in [0.717, 1.165) is 67.5 Å². The van der Waals surface area contributed by atoms with Crippen molar-refractivity contribution in [2.75, 3.05) is 63.1 Å². The minimum atomic E-state index is -1.16. The maximum Gasteiger partial charge on any atom is 0.410 e. The summed E-state index contributed by atoms with van der Waals surface area (Å²) in [5.41, 5.74) is 4.00. The number of amides is 1. The molecule has 4 aromatic rings. The molecule has 0 bridgehead atoms. The maximum absolute atomic E-state index is 13.2. The van der Waals surface area contributed by atoms with Gasteiger partial charge in [0.2, 0.25) is 5.95 Å². The van der Waals surface area contributed by atoms with Crippen molar-refractivity contribution in [3.8, 4) is 11.3 Å². The summed E-state index contributed by atoms with van der Waals surface area (Å²) >= 11 is 0. The number of nitrogens with zero attached hydrogens (tertiary/aromatic N) is 8. The highest BCUT2D eigenvalue weighted by atomic mass is 28.3. The molecular formula is C35H49N9O3Si. The van der Waals surface area contributed by atoms with E-state index in [9.17, 15) is 4.79 Å². The first kappa shape index (κ1) is 33.8. The van der Waals surface area contributed by atoms with Crippen molar-refractivity contribution in [3.05, 3.63) is 60.6 Å². The molecule has 0 saturated carbocycles. The fraction of sp³-hybridized carbons (Fsp3) is 0.514. The van der Waals surface area contributed by atoms with Crippen LogP contribution in [-0.2, 0) is 22.8 Å². The average Bonchev–Trinajstić information content (AvgIpc) is 3.48. The molecule has 2 aliphatic rings. The second kappa shape index (κ2) is 15.0. The van der Waals surface area contributed by atoms with Crippen molar-refractivity contribution in [2.45, 2.75) is 58.4 Å². The van der Waals surface area contributed by atoms with E-state index in [4.69, 9.17) is 29.4 Å². The number of likely N-dealkylation sites (tertiary alicyclic amines) is 1. The molecule has 13 heteroatoms. The fourth-order valence-electron chi connectivity index (χ4n) is 6.17. The van der Waals surface area contributed by atoms with E-state index in [0.29, 0.717) is 37.3 Å². The van der Waals surface area contributed by atoms with E-state index >= 15 is 0 Å². The van der Waals surface area contributed by atoms with Gasteiger partial charge in [-0.15, -0.1) is 0 Å². The molecule has 5 heterocycles. The molecule has 0 unspecified atom stereocenters. The molecule has 0 radical (unpaired) electrons. The standard InChI is InChI=1S/C35H49N9O3Si/c1-26-19-28(23-44(22-26)35(45)47-24-27-9-7-6-8-10-27)38-32-29(20-37-34(40-32)42-15-13-41(2)14-16-42)31-21-36-33-30(39-31)11-12-43(33)25-46-17-18-48(3,4)5/h6-12,20-21,26,28H,13-19,22-25H2,1-5H3,(H,37,38,40)/t26-,28-/m0/s1. The lowest BCUT2D eigenvalue weighted by molar-refractivity contribution is 0.0783. The Balaban J connectivity index is 1.21. The van der Waals surface area contributed by atoms with Crippen LogP contribution in [0.1, 0.15) is 18.9 Å². The van der Waals surface area contributed by atoms with Gasteiger partial charge in [0.25, 0.3) is 0 Å². The topological polar surface area (TPSA) is 114 Å². The minimum Gasteiger partial charge on any atom is -0.445 e. The molecule has 2 atom stereocenters. The van der Waals surface area contributed by atoms with Crippen molar-refractivity contribution in [3.63, 3.8) is 0 Å². The second-order valence-corrected chi connectivity index (χ2v) is 20.1. The number of hydrogen-bond acceptors (Lipinski definition) is 10. The molecule has 0 aliphatic carbocycles. The van der Waals surface area contributed by atoms with Gasteiger partial charge >= 0.3 is 6.09 Å². The van der Waals surface area contributed by atoms with E-state index in [1.54, 1.807) is 11.1 Å². The number of carbonyl (C=O) groups is 1. The van der Waals surface area contributed by atoms with Crippen molar-refractivity contribution in [1.29, 1.82) is 0 Å². The van der Waals surface area contributed by atoms with Crippen LogP contribution >= 0.6 is 0 Å². The number of piperidine rings is 1. The van der Waals surface area contributed by atoms with Gasteiger partial charge in [-0.05, 0) is 37.1 Å². The molecule has 6 rings (SSSR count). The van der Waals surface area contributed by atoms with Crippen LogP contribution in [0.15, 0.2) is 55.0 Å². The predicted molar refractivity (Wildman–Crippen MR) is 192 cm³/mol. The lowest BCUT2D eigenvalue weighted by Crippen LogP contribution is -2.48. The lowest BCUT2D eigenvalue weighted by atomic mass is 9.96. The smallest absolute Gasteiger partial charge is 0.410 e. The molecular weight excluding hydrogens is 623 g/mol. The molecule has 1 amide bonds. The summed E-state index contributed by atoms with van der Waals surface area (Å²) in [6, 6.07) is 12.8. The number of carbonyl (C=O) groups excluding carboxylic acids is 1. The van der Waals surface area contributed by atoms with E-state index in [-0.39, 0.29) is 24.7 Å². The van der Waals surface area contributed by atoms with E-state index in [1.165, 1.54) is 0 Å². The van der Waals surface area contributed by atoms with Crippen LogP contribution in [0.3, 0.4) is 0 Å². The normalized spacial score (nSPS) is 19.1. The number of rotatable bonds is 11. The van der Waals surface area contributed by atoms with Gasteiger partial charge in [-0.3, -0.25) is 0 Å². The van der Waals surface area contributed by atoms with E-state index in [2.05, 4.69) is 48.7 Å². The number of piperazine rings is 1. The third kappa shape index (κ3) is 8.68. The second-order valence-electron chi connectivity index (χ2n) is 14.4. The van der Waals surface area contributed by atoms with Gasteiger partial charge in [-0.1, -0.05) is 56.9 Å². The van der Waals surface area contributed by atoms with Gasteiger partial charge in [0.15, 0.2) is 5.65 Å². The molecule has 2 saturated heterocycles. The third-order valence-electron chi connectivity index (χ3n) is 8.99. The molecule has 256 valence electrons. The number of aromatic nitrogens is 5. The SMILES string of the molecule is C[C@H]1C[C@H](Nc2nc(N3CCN(C)CC3)ncc2-c2cnc3c(ccn3COCC[Si](C)(C)C)n2)CN(C(=O)OCc2ccccc2)C1. The van der Waals surface area contributed by atoms with Gasteiger partial charge < -0.3 is 34.1 Å². The Kier molecular flexibility index (Phi) is 10.6. The van der Waals surface area contributed by atoms with Crippen LogP contribution in [0.4, 0.5) is 16.6 Å². The van der Waals surface area contributed by atoms with Crippen LogP contribution in [0.25, 0.3) is 22.4 Å². The van der Waals surface area contributed by atoms with Gasteiger partial charge in [0.05, 0.1) is 17.5 Å². The number of anilines is 2. The number of fused-ring (bicyclic) bond motifs is 1. The maximum atomic E-state index is 13.2. The zero-order valence-corrected chi connectivity index (χ0v) is 29.9. The first-order chi connectivity index (χ1) is 23.1. The monoisotopic (exact) mass is 671 g/mol. The number of nitrogens with one attached hydrogen (secondary N) is 1. The summed E-state index contributed by atoms with van der Waals surface area (Å²) in [7, 11) is 0.977. The molecule has 1 aromatic carbocycles. The summed E-state index contributed by atoms with van der Waals surface area (Å²) < 4.78 is 13.7. The zero-order valence-electron chi connectivity index (χ0n) is 28.9. The lowest BCUT2D eigenvalue weighted by Gasteiger charge is -2.37. The molecule has 1 N–H and O–H groups in total. The first-order valence-electron chi connectivity index (χ1n) is 17.0.